The van der Waals surface area contributed by atoms with Crippen LogP contribution < -0.4 is 14.2 Å². The molecule has 0 aliphatic carbocycles. The zero-order valence-corrected chi connectivity index (χ0v) is 15.3. The van der Waals surface area contributed by atoms with E-state index in [1.807, 2.05) is 27.7 Å². The van der Waals surface area contributed by atoms with Crippen molar-refractivity contribution >= 4 is 5.69 Å². The molecule has 0 saturated carbocycles. The lowest BCUT2D eigenvalue weighted by molar-refractivity contribution is -0.385. The normalized spacial score (nSPS) is 9.84. The second-order valence-corrected chi connectivity index (χ2v) is 5.37. The fourth-order valence-corrected chi connectivity index (χ4v) is 1.85. The van der Waals surface area contributed by atoms with E-state index in [1.54, 1.807) is 37.4 Å². The molecule has 0 atom stereocenters. The zero-order chi connectivity index (χ0) is 18.8. The predicted molar refractivity (Wildman–Crippen MR) is 97.8 cm³/mol. The molecule has 25 heavy (non-hydrogen) atoms. The molecule has 136 valence electrons. The van der Waals surface area contributed by atoms with E-state index in [-0.39, 0.29) is 11.4 Å². The van der Waals surface area contributed by atoms with E-state index in [2.05, 4.69) is 0 Å². The Bertz CT molecular complexity index is 668. The second kappa shape index (κ2) is 10.2. The summed E-state index contributed by atoms with van der Waals surface area (Å²) in [5, 5.41) is 11.3. The Morgan fingerprint density at radius 1 is 1.00 bits per heavy atom. The Kier molecular flexibility index (Phi) is 8.26. The molecule has 0 fully saturated rings. The Morgan fingerprint density at radius 3 is 2.08 bits per heavy atom. The van der Waals surface area contributed by atoms with E-state index in [0.717, 1.165) is 0 Å². The smallest absolute Gasteiger partial charge is 0.315 e. The van der Waals surface area contributed by atoms with Gasteiger partial charge in [0.1, 0.15) is 17.2 Å². The first-order valence-corrected chi connectivity index (χ1v) is 8.22. The summed E-state index contributed by atoms with van der Waals surface area (Å²) in [6, 6.07) is 11.4. The van der Waals surface area contributed by atoms with E-state index in [9.17, 15) is 10.1 Å². The highest BCUT2D eigenvalue weighted by molar-refractivity contribution is 5.52. The molecule has 0 unspecified atom stereocenters. The van der Waals surface area contributed by atoms with Crippen molar-refractivity contribution in [2.75, 3.05) is 13.7 Å². The largest absolute Gasteiger partial charge is 0.497 e. The highest BCUT2D eigenvalue weighted by Gasteiger charge is 2.17. The monoisotopic (exact) mass is 347 g/mol. The van der Waals surface area contributed by atoms with Gasteiger partial charge in [-0.15, -0.1) is 0 Å². The predicted octanol–water partition coefficient (Wildman–Crippen LogP) is 5.46. The molecular weight excluding hydrogens is 322 g/mol. The number of hydrogen-bond donors (Lipinski definition) is 0. The van der Waals surface area contributed by atoms with E-state index in [0.29, 0.717) is 29.8 Å². The van der Waals surface area contributed by atoms with Gasteiger partial charge in [-0.2, -0.15) is 0 Å². The number of ether oxygens (including phenoxy) is 3. The number of nitro groups is 1. The van der Waals surface area contributed by atoms with Crippen LogP contribution in [0.25, 0.3) is 0 Å². The summed E-state index contributed by atoms with van der Waals surface area (Å²) in [6.07, 6.45) is 0. The molecule has 6 nitrogen and oxygen atoms in total. The highest BCUT2D eigenvalue weighted by atomic mass is 16.6. The van der Waals surface area contributed by atoms with Crippen molar-refractivity contribution in [3.05, 3.63) is 52.6 Å². The van der Waals surface area contributed by atoms with Gasteiger partial charge in [0.15, 0.2) is 0 Å². The molecule has 0 amide bonds. The first-order chi connectivity index (χ1) is 12.0. The van der Waals surface area contributed by atoms with Crippen molar-refractivity contribution in [3.63, 3.8) is 0 Å². The highest BCUT2D eigenvalue weighted by Crippen LogP contribution is 2.35. The van der Waals surface area contributed by atoms with Gasteiger partial charge in [-0.05, 0) is 42.3 Å². The first-order valence-electron chi connectivity index (χ1n) is 8.22. The fraction of sp³-hybridized carbons (Fsp3) is 0.368. The van der Waals surface area contributed by atoms with E-state index >= 15 is 0 Å². The van der Waals surface area contributed by atoms with Crippen LogP contribution >= 0.6 is 0 Å². The maximum atomic E-state index is 11.3. The minimum atomic E-state index is -0.485. The van der Waals surface area contributed by atoms with Crippen LogP contribution in [0.5, 0.6) is 23.0 Å². The van der Waals surface area contributed by atoms with Gasteiger partial charge < -0.3 is 14.2 Å². The number of nitro benzene ring substituents is 1. The average molecular weight is 347 g/mol. The Morgan fingerprint density at radius 2 is 1.56 bits per heavy atom. The summed E-state index contributed by atoms with van der Waals surface area (Å²) in [6.45, 7) is 8.51. The lowest BCUT2D eigenvalue weighted by Gasteiger charge is -2.11. The van der Waals surface area contributed by atoms with Crippen molar-refractivity contribution in [1.82, 2.24) is 0 Å². The van der Waals surface area contributed by atoms with Gasteiger partial charge in [-0.25, -0.2) is 0 Å². The van der Waals surface area contributed by atoms with E-state index in [1.165, 1.54) is 12.1 Å². The lowest BCUT2D eigenvalue weighted by Crippen LogP contribution is -2.05. The summed E-state index contributed by atoms with van der Waals surface area (Å²) >= 11 is 0. The minimum Gasteiger partial charge on any atom is -0.497 e. The zero-order valence-electron chi connectivity index (χ0n) is 15.3. The molecule has 2 aromatic rings. The van der Waals surface area contributed by atoms with Gasteiger partial charge in [0.25, 0.3) is 0 Å². The summed E-state index contributed by atoms with van der Waals surface area (Å²) in [4.78, 5) is 10.8. The maximum absolute atomic E-state index is 11.3. The van der Waals surface area contributed by atoms with Crippen molar-refractivity contribution in [1.29, 1.82) is 0 Å². The van der Waals surface area contributed by atoms with E-state index < -0.39 is 4.92 Å². The van der Waals surface area contributed by atoms with Crippen molar-refractivity contribution < 1.29 is 19.1 Å². The molecule has 0 aliphatic heterocycles. The number of rotatable bonds is 7. The number of nitrogens with zero attached hydrogens (tertiary/aromatic N) is 1. The number of methoxy groups -OCH3 is 1. The Balaban J connectivity index is 0.00000151. The second-order valence-electron chi connectivity index (χ2n) is 5.37. The molecule has 0 spiro atoms. The molecule has 0 saturated heterocycles. The Labute approximate surface area is 148 Å². The van der Waals surface area contributed by atoms with Gasteiger partial charge in [0, 0.05) is 0 Å². The number of hydrogen-bond acceptors (Lipinski definition) is 5. The molecule has 0 heterocycles. The van der Waals surface area contributed by atoms with Crippen LogP contribution in [0.15, 0.2) is 42.5 Å². The average Bonchev–Trinajstić information content (AvgIpc) is 2.63. The third-order valence-corrected chi connectivity index (χ3v) is 3.00. The molecular formula is C19H25NO5. The van der Waals surface area contributed by atoms with Crippen molar-refractivity contribution in [2.24, 2.45) is 5.92 Å². The lowest BCUT2D eigenvalue weighted by atomic mass is 10.2. The van der Waals surface area contributed by atoms with Crippen LogP contribution in [0.1, 0.15) is 27.7 Å². The standard InChI is InChI=1S/C17H19NO5.C2H6/c1-12(2)11-22-15-8-9-17(16(10-15)18(19)20)23-14-6-4-13(21-3)5-7-14;1-2/h4-10,12H,11H2,1-3H3;1-2H3. The molecule has 0 bridgehead atoms. The van der Waals surface area contributed by atoms with Crippen LogP contribution in [0.3, 0.4) is 0 Å². The van der Waals surface area contributed by atoms with Crippen LogP contribution in [-0.2, 0) is 0 Å². The third-order valence-electron chi connectivity index (χ3n) is 3.00. The molecule has 0 radical (unpaired) electrons. The van der Waals surface area contributed by atoms with Gasteiger partial charge in [-0.3, -0.25) is 10.1 Å². The number of benzene rings is 2. The molecule has 2 rings (SSSR count). The van der Waals surface area contributed by atoms with Gasteiger partial charge in [0.2, 0.25) is 5.75 Å². The van der Waals surface area contributed by atoms with Gasteiger partial charge in [0.05, 0.1) is 24.7 Å². The van der Waals surface area contributed by atoms with Crippen LogP contribution in [0, 0.1) is 16.0 Å². The first kappa shape index (κ1) is 20.3. The summed E-state index contributed by atoms with van der Waals surface area (Å²) in [5.74, 6) is 2.13. The van der Waals surface area contributed by atoms with Crippen molar-refractivity contribution in [3.8, 4) is 23.0 Å². The Hall–Kier alpha value is -2.76. The van der Waals surface area contributed by atoms with Crippen LogP contribution in [-0.4, -0.2) is 18.6 Å². The fourth-order valence-electron chi connectivity index (χ4n) is 1.85. The molecule has 0 aromatic heterocycles. The maximum Gasteiger partial charge on any atom is 0.315 e. The van der Waals surface area contributed by atoms with Crippen LogP contribution in [0.2, 0.25) is 0 Å². The minimum absolute atomic E-state index is 0.137. The molecule has 2 aromatic carbocycles. The molecule has 0 N–H and O–H groups in total. The molecule has 6 heteroatoms. The van der Waals surface area contributed by atoms with Crippen LogP contribution in [0.4, 0.5) is 5.69 Å². The third kappa shape index (κ3) is 6.33. The summed E-state index contributed by atoms with van der Waals surface area (Å²) in [7, 11) is 1.57. The molecule has 0 aliphatic rings. The van der Waals surface area contributed by atoms with Gasteiger partial charge in [-0.1, -0.05) is 27.7 Å². The summed E-state index contributed by atoms with van der Waals surface area (Å²) in [5.41, 5.74) is -0.137. The van der Waals surface area contributed by atoms with E-state index in [4.69, 9.17) is 14.2 Å². The quantitative estimate of drug-likeness (QED) is 0.491. The topological polar surface area (TPSA) is 70.8 Å². The van der Waals surface area contributed by atoms with Crippen molar-refractivity contribution in [2.45, 2.75) is 27.7 Å². The summed E-state index contributed by atoms with van der Waals surface area (Å²) < 4.78 is 16.2. The SMILES string of the molecule is CC.COc1ccc(Oc2ccc(OCC(C)C)cc2[N+](=O)[O-])cc1. The van der Waals surface area contributed by atoms with Gasteiger partial charge >= 0.3 is 5.69 Å².